The van der Waals surface area contributed by atoms with Gasteiger partial charge in [0.2, 0.25) is 0 Å². The van der Waals surface area contributed by atoms with Crippen molar-refractivity contribution in [2.45, 2.75) is 44.5 Å². The monoisotopic (exact) mass is 613 g/mol. The standard InChI is InChI=1S/C37H43NO7/c1-41-20-6-23-44-35-11-5-10-30-13-12-29(24-34(30)35)27-45-36-25-38(37(39)40)19-18-33(36)31-14-16-32(17-15-31)43-22-7-21-42-26-28-8-3-2-4-9-28/h2-5,8-17,24,33,36H,6-7,18-23,25-27H2,1H3,(H,39,40). The summed E-state index contributed by atoms with van der Waals surface area (Å²) in [4.78, 5) is 13.3. The van der Waals surface area contributed by atoms with E-state index in [1.54, 1.807) is 7.11 Å². The number of fused-ring (bicyclic) bond motifs is 1. The molecule has 1 heterocycles. The SMILES string of the molecule is COCCCOc1cccc2ccc(COC3CN(C(=O)O)CCC3c3ccc(OCCCOCc4ccccc4)cc3)cc12. The molecule has 1 fully saturated rings. The third kappa shape index (κ3) is 9.44. The van der Waals surface area contributed by atoms with Crippen LogP contribution in [0.3, 0.4) is 0 Å². The first-order valence-corrected chi connectivity index (χ1v) is 15.7. The maximum atomic E-state index is 11.8. The summed E-state index contributed by atoms with van der Waals surface area (Å²) in [5.74, 6) is 1.71. The number of methoxy groups -OCH3 is 1. The Morgan fingerprint density at radius 1 is 0.822 bits per heavy atom. The number of hydrogen-bond donors (Lipinski definition) is 1. The van der Waals surface area contributed by atoms with Gasteiger partial charge in [0, 0.05) is 44.4 Å². The summed E-state index contributed by atoms with van der Waals surface area (Å²) in [5, 5.41) is 11.8. The molecule has 8 nitrogen and oxygen atoms in total. The molecule has 0 radical (unpaired) electrons. The first kappa shape index (κ1) is 32.3. The Balaban J connectivity index is 1.17. The Labute approximate surface area is 265 Å². The topological polar surface area (TPSA) is 86.7 Å². The van der Waals surface area contributed by atoms with Crippen molar-refractivity contribution in [3.05, 3.63) is 108 Å². The van der Waals surface area contributed by atoms with E-state index in [2.05, 4.69) is 48.5 Å². The number of benzene rings is 4. The predicted molar refractivity (Wildman–Crippen MR) is 174 cm³/mol. The van der Waals surface area contributed by atoms with Crippen LogP contribution in [0.5, 0.6) is 11.5 Å². The van der Waals surface area contributed by atoms with Crippen molar-refractivity contribution >= 4 is 16.9 Å². The molecule has 238 valence electrons. The number of piperidine rings is 1. The summed E-state index contributed by atoms with van der Waals surface area (Å²) in [6, 6.07) is 30.5. The van der Waals surface area contributed by atoms with Crippen molar-refractivity contribution < 1.29 is 33.6 Å². The van der Waals surface area contributed by atoms with Crippen LogP contribution in [-0.4, -0.2) is 68.8 Å². The van der Waals surface area contributed by atoms with Crippen LogP contribution >= 0.6 is 0 Å². The summed E-state index contributed by atoms with van der Waals surface area (Å²) in [7, 11) is 1.69. The van der Waals surface area contributed by atoms with Gasteiger partial charge in [-0.15, -0.1) is 0 Å². The van der Waals surface area contributed by atoms with Crippen LogP contribution in [0.1, 0.15) is 41.9 Å². The lowest BCUT2D eigenvalue weighted by Gasteiger charge is -2.37. The van der Waals surface area contributed by atoms with E-state index in [4.69, 9.17) is 23.7 Å². The lowest BCUT2D eigenvalue weighted by atomic mass is 9.87. The van der Waals surface area contributed by atoms with Crippen LogP contribution in [0.4, 0.5) is 4.79 Å². The normalized spacial score (nSPS) is 16.5. The number of carbonyl (C=O) groups is 1. The molecule has 1 amide bonds. The van der Waals surface area contributed by atoms with E-state index in [-0.39, 0.29) is 12.0 Å². The maximum Gasteiger partial charge on any atom is 0.407 e. The van der Waals surface area contributed by atoms with E-state index in [0.29, 0.717) is 59.2 Å². The highest BCUT2D eigenvalue weighted by Crippen LogP contribution is 2.33. The third-order valence-electron chi connectivity index (χ3n) is 8.07. The highest BCUT2D eigenvalue weighted by molar-refractivity contribution is 5.88. The Morgan fingerprint density at radius 3 is 2.42 bits per heavy atom. The number of hydrogen-bond acceptors (Lipinski definition) is 6. The second-order valence-corrected chi connectivity index (χ2v) is 11.3. The average molecular weight is 614 g/mol. The minimum Gasteiger partial charge on any atom is -0.494 e. The zero-order valence-electron chi connectivity index (χ0n) is 25.9. The Bertz CT molecular complexity index is 1480. The van der Waals surface area contributed by atoms with E-state index < -0.39 is 6.09 Å². The van der Waals surface area contributed by atoms with Gasteiger partial charge in [0.15, 0.2) is 0 Å². The van der Waals surface area contributed by atoms with Crippen molar-refractivity contribution in [1.29, 1.82) is 0 Å². The van der Waals surface area contributed by atoms with Gasteiger partial charge in [0.25, 0.3) is 0 Å². The quantitative estimate of drug-likeness (QED) is 0.133. The van der Waals surface area contributed by atoms with Crippen molar-refractivity contribution in [2.75, 3.05) is 46.6 Å². The molecule has 0 aromatic heterocycles. The first-order valence-electron chi connectivity index (χ1n) is 15.7. The molecule has 0 bridgehead atoms. The Morgan fingerprint density at radius 2 is 1.62 bits per heavy atom. The van der Waals surface area contributed by atoms with E-state index >= 15 is 0 Å². The molecule has 1 aliphatic rings. The van der Waals surface area contributed by atoms with Gasteiger partial charge >= 0.3 is 6.09 Å². The van der Waals surface area contributed by atoms with Crippen molar-refractivity contribution in [1.82, 2.24) is 4.90 Å². The molecule has 2 unspecified atom stereocenters. The van der Waals surface area contributed by atoms with Gasteiger partial charge in [-0.2, -0.15) is 0 Å². The predicted octanol–water partition coefficient (Wildman–Crippen LogP) is 7.29. The fourth-order valence-corrected chi connectivity index (χ4v) is 5.66. The summed E-state index contributed by atoms with van der Waals surface area (Å²) >= 11 is 0. The molecule has 8 heteroatoms. The molecule has 2 atom stereocenters. The number of carboxylic acid groups (broad SMARTS) is 1. The molecule has 4 aromatic rings. The molecular formula is C37H43NO7. The number of rotatable bonds is 16. The van der Waals surface area contributed by atoms with E-state index in [1.165, 1.54) is 4.90 Å². The van der Waals surface area contributed by atoms with Gasteiger partial charge in [-0.3, -0.25) is 0 Å². The summed E-state index contributed by atoms with van der Waals surface area (Å²) in [6.45, 7) is 4.21. The molecule has 45 heavy (non-hydrogen) atoms. The van der Waals surface area contributed by atoms with Gasteiger partial charge < -0.3 is 33.7 Å². The minimum absolute atomic E-state index is 0.0705. The summed E-state index contributed by atoms with van der Waals surface area (Å²) in [5.41, 5.74) is 3.29. The Hall–Kier alpha value is -4.11. The second-order valence-electron chi connectivity index (χ2n) is 11.3. The minimum atomic E-state index is -0.917. The number of amides is 1. The van der Waals surface area contributed by atoms with Gasteiger partial charge in [-0.05, 0) is 52.8 Å². The lowest BCUT2D eigenvalue weighted by Crippen LogP contribution is -2.46. The zero-order valence-corrected chi connectivity index (χ0v) is 25.9. The molecule has 0 aliphatic carbocycles. The van der Waals surface area contributed by atoms with E-state index in [9.17, 15) is 9.90 Å². The van der Waals surface area contributed by atoms with Crippen LogP contribution in [0, 0.1) is 0 Å². The van der Waals surface area contributed by atoms with Crippen LogP contribution in [0.25, 0.3) is 10.8 Å². The van der Waals surface area contributed by atoms with Crippen molar-refractivity contribution in [2.24, 2.45) is 0 Å². The zero-order chi connectivity index (χ0) is 31.3. The number of ether oxygens (including phenoxy) is 5. The van der Waals surface area contributed by atoms with Crippen molar-refractivity contribution in [3.63, 3.8) is 0 Å². The van der Waals surface area contributed by atoms with Gasteiger partial charge in [0.05, 0.1) is 45.7 Å². The fourth-order valence-electron chi connectivity index (χ4n) is 5.66. The summed E-state index contributed by atoms with van der Waals surface area (Å²) < 4.78 is 29.4. The van der Waals surface area contributed by atoms with Crippen LogP contribution < -0.4 is 9.47 Å². The smallest absolute Gasteiger partial charge is 0.407 e. The lowest BCUT2D eigenvalue weighted by molar-refractivity contribution is -0.0199. The average Bonchev–Trinajstić information content (AvgIpc) is 3.08. The fraction of sp³-hybridized carbons (Fsp3) is 0.378. The highest BCUT2D eigenvalue weighted by atomic mass is 16.5. The molecule has 0 saturated carbocycles. The van der Waals surface area contributed by atoms with Crippen LogP contribution in [0.15, 0.2) is 91.0 Å². The number of likely N-dealkylation sites (tertiary alicyclic amines) is 1. The highest BCUT2D eigenvalue weighted by Gasteiger charge is 2.33. The molecule has 1 saturated heterocycles. The van der Waals surface area contributed by atoms with Gasteiger partial charge in [-0.25, -0.2) is 4.79 Å². The molecule has 1 aliphatic heterocycles. The number of nitrogens with zero attached hydrogens (tertiary/aromatic N) is 1. The largest absolute Gasteiger partial charge is 0.494 e. The molecule has 1 N–H and O–H groups in total. The van der Waals surface area contributed by atoms with Gasteiger partial charge in [-0.1, -0.05) is 66.7 Å². The third-order valence-corrected chi connectivity index (χ3v) is 8.07. The van der Waals surface area contributed by atoms with Gasteiger partial charge in [0.1, 0.15) is 11.5 Å². The maximum absolute atomic E-state index is 11.8. The van der Waals surface area contributed by atoms with E-state index in [1.807, 2.05) is 42.5 Å². The Kier molecular flexibility index (Phi) is 12.1. The first-order chi connectivity index (χ1) is 22.1. The van der Waals surface area contributed by atoms with E-state index in [0.717, 1.165) is 51.8 Å². The molecular weight excluding hydrogens is 570 g/mol. The summed E-state index contributed by atoms with van der Waals surface area (Å²) in [6.07, 6.45) is 1.11. The van der Waals surface area contributed by atoms with Crippen molar-refractivity contribution in [3.8, 4) is 11.5 Å². The van der Waals surface area contributed by atoms with Crippen LogP contribution in [-0.2, 0) is 27.4 Å². The molecule has 4 aromatic carbocycles. The second kappa shape index (κ2) is 16.8. The van der Waals surface area contributed by atoms with Crippen LogP contribution in [0.2, 0.25) is 0 Å². The molecule has 5 rings (SSSR count). The molecule has 0 spiro atoms.